The summed E-state index contributed by atoms with van der Waals surface area (Å²) in [6.07, 6.45) is 7.92. The average molecular weight is 602 g/mol. The number of aromatic nitrogens is 4. The van der Waals surface area contributed by atoms with Gasteiger partial charge in [-0.15, -0.1) is 0 Å². The minimum atomic E-state index is -0.293. The minimum absolute atomic E-state index is 0.0347. The Kier molecular flexibility index (Phi) is 9.65. The van der Waals surface area contributed by atoms with Gasteiger partial charge in [-0.3, -0.25) is 9.59 Å². The van der Waals surface area contributed by atoms with Gasteiger partial charge in [0.25, 0.3) is 5.91 Å². The normalized spacial score (nSPS) is 13.8. The van der Waals surface area contributed by atoms with E-state index in [2.05, 4.69) is 42.4 Å². The van der Waals surface area contributed by atoms with Crippen LogP contribution in [0.4, 0.5) is 11.6 Å². The number of nitrogens with one attached hydrogen (secondary N) is 4. The Morgan fingerprint density at radius 3 is 2.79 bits per heavy atom. The number of carbonyl (C=O) groups is 2. The van der Waals surface area contributed by atoms with Crippen molar-refractivity contribution in [3.63, 3.8) is 0 Å². The van der Waals surface area contributed by atoms with Crippen LogP contribution in [-0.4, -0.2) is 87.9 Å². The second-order valence-electron chi connectivity index (χ2n) is 10.7. The number of benzene rings is 1. The number of likely N-dealkylation sites (N-methyl/N-ethyl adjacent to an activating group) is 1. The molecule has 11 nitrogen and oxygen atoms in total. The number of aromatic amines is 1. The number of amides is 2. The van der Waals surface area contributed by atoms with Gasteiger partial charge >= 0.3 is 0 Å². The van der Waals surface area contributed by atoms with E-state index in [0.29, 0.717) is 47.6 Å². The van der Waals surface area contributed by atoms with Crippen molar-refractivity contribution in [1.29, 1.82) is 0 Å². The number of anilines is 2. The smallest absolute Gasteiger partial charge is 0.253 e. The highest BCUT2D eigenvalue weighted by Gasteiger charge is 2.25. The molecule has 43 heavy (non-hydrogen) atoms. The third-order valence-electron chi connectivity index (χ3n) is 7.41. The van der Waals surface area contributed by atoms with Crippen molar-refractivity contribution in [3.05, 3.63) is 77.7 Å². The fourth-order valence-electron chi connectivity index (χ4n) is 5.07. The summed E-state index contributed by atoms with van der Waals surface area (Å²) in [4.78, 5) is 46.0. The monoisotopic (exact) mass is 601 g/mol. The lowest BCUT2D eigenvalue weighted by Crippen LogP contribution is -2.42. The Balaban J connectivity index is 1.22. The number of nitrogens with zero attached hydrogens (tertiary/aromatic N) is 5. The fourth-order valence-corrected chi connectivity index (χ4v) is 5.27. The predicted octanol–water partition coefficient (Wildman–Crippen LogP) is 4.17. The van der Waals surface area contributed by atoms with Crippen molar-refractivity contribution in [3.8, 4) is 11.3 Å². The molecule has 4 N–H and O–H groups in total. The molecule has 5 rings (SSSR count). The number of piperidine rings is 1. The molecule has 4 heterocycles. The number of likely N-dealkylation sites (tertiary alicyclic amines) is 1. The van der Waals surface area contributed by atoms with Gasteiger partial charge in [0.1, 0.15) is 5.65 Å². The Morgan fingerprint density at radius 1 is 1.21 bits per heavy atom. The molecule has 12 heteroatoms. The molecule has 0 radical (unpaired) electrons. The molecule has 0 aliphatic carbocycles. The number of rotatable bonds is 11. The molecular weight excluding hydrogens is 566 g/mol. The van der Waals surface area contributed by atoms with E-state index in [9.17, 15) is 9.59 Å². The van der Waals surface area contributed by atoms with Gasteiger partial charge < -0.3 is 30.7 Å². The van der Waals surface area contributed by atoms with Crippen molar-refractivity contribution < 1.29 is 9.59 Å². The molecule has 4 aromatic rings. The molecule has 1 aromatic carbocycles. The number of carbonyl (C=O) groups excluding carboxylic acids is 2. The Bertz CT molecular complexity index is 1610. The van der Waals surface area contributed by atoms with Crippen LogP contribution in [0.3, 0.4) is 0 Å². The standard InChI is InChI=1S/C31H36ClN9O2/c1-4-27(42)38-26-8-7-20(16-21(26)17-33-12-15-40(2)3)30(43)41-13-9-22(10-14-41)37-31-36-19-25(32)28(39-31)24-18-35-29-23(24)6-5-11-34-29/h4-8,11,16,18-19,22,33H,1,9-10,12-15,17H2,2-3H3,(H,34,35)(H,38,42)(H,36,37,39). The summed E-state index contributed by atoms with van der Waals surface area (Å²) in [5.74, 6) is 0.164. The number of fused-ring (bicyclic) bond motifs is 1. The summed E-state index contributed by atoms with van der Waals surface area (Å²) < 4.78 is 0. The van der Waals surface area contributed by atoms with Crippen molar-refractivity contribution in [2.75, 3.05) is 50.9 Å². The van der Waals surface area contributed by atoms with Gasteiger partial charge in [0.15, 0.2) is 0 Å². The Morgan fingerprint density at radius 2 is 2.02 bits per heavy atom. The maximum absolute atomic E-state index is 13.5. The van der Waals surface area contributed by atoms with Crippen LogP contribution >= 0.6 is 11.6 Å². The second-order valence-corrected chi connectivity index (χ2v) is 11.2. The number of hydrogen-bond donors (Lipinski definition) is 4. The molecule has 0 spiro atoms. The Hall–Kier alpha value is -4.32. The van der Waals surface area contributed by atoms with Gasteiger partial charge in [-0.1, -0.05) is 18.2 Å². The zero-order chi connectivity index (χ0) is 30.3. The van der Waals surface area contributed by atoms with Crippen LogP contribution in [0.25, 0.3) is 22.3 Å². The first kappa shape index (κ1) is 30.1. The second kappa shape index (κ2) is 13.8. The van der Waals surface area contributed by atoms with Crippen molar-refractivity contribution in [2.24, 2.45) is 0 Å². The third-order valence-corrected chi connectivity index (χ3v) is 7.69. The predicted molar refractivity (Wildman–Crippen MR) is 170 cm³/mol. The fraction of sp³-hybridized carbons (Fsp3) is 0.323. The molecular formula is C31H36ClN9O2. The number of H-pyrrole nitrogens is 1. The van der Waals surface area contributed by atoms with E-state index in [4.69, 9.17) is 16.6 Å². The van der Waals surface area contributed by atoms with Crippen LogP contribution < -0.4 is 16.0 Å². The van der Waals surface area contributed by atoms with E-state index in [1.54, 1.807) is 24.5 Å². The van der Waals surface area contributed by atoms with E-state index >= 15 is 0 Å². The van der Waals surface area contributed by atoms with Crippen LogP contribution in [0.5, 0.6) is 0 Å². The summed E-state index contributed by atoms with van der Waals surface area (Å²) >= 11 is 6.48. The molecule has 3 aromatic heterocycles. The van der Waals surface area contributed by atoms with Crippen LogP contribution in [-0.2, 0) is 11.3 Å². The molecule has 1 fully saturated rings. The first-order valence-electron chi connectivity index (χ1n) is 14.2. The van der Waals surface area contributed by atoms with Crippen molar-refractivity contribution in [2.45, 2.75) is 25.4 Å². The van der Waals surface area contributed by atoms with Gasteiger partial charge in [0.2, 0.25) is 11.9 Å². The van der Waals surface area contributed by atoms with Gasteiger partial charge in [-0.25, -0.2) is 15.0 Å². The lowest BCUT2D eigenvalue weighted by Gasteiger charge is -2.32. The van der Waals surface area contributed by atoms with Gasteiger partial charge in [-0.2, -0.15) is 0 Å². The highest BCUT2D eigenvalue weighted by Crippen LogP contribution is 2.32. The average Bonchev–Trinajstić information content (AvgIpc) is 3.45. The molecule has 1 aliphatic rings. The molecule has 0 bridgehead atoms. The SMILES string of the molecule is C=CC(=O)Nc1ccc(C(=O)N2CCC(Nc3ncc(Cl)c(-c4c[nH]c5ncccc45)n3)CC2)cc1CNCCN(C)C. The molecule has 0 atom stereocenters. The molecule has 1 saturated heterocycles. The largest absolute Gasteiger partial charge is 0.351 e. The molecule has 2 amide bonds. The van der Waals surface area contributed by atoms with Crippen molar-refractivity contribution in [1.82, 2.24) is 35.1 Å². The summed E-state index contributed by atoms with van der Waals surface area (Å²) in [7, 11) is 4.02. The van der Waals surface area contributed by atoms with E-state index in [1.165, 1.54) is 6.08 Å². The van der Waals surface area contributed by atoms with Crippen LogP contribution in [0, 0.1) is 0 Å². The van der Waals surface area contributed by atoms with Crippen molar-refractivity contribution >= 4 is 46.1 Å². The quantitative estimate of drug-likeness (QED) is 0.149. The summed E-state index contributed by atoms with van der Waals surface area (Å²) in [5.41, 5.74) is 4.35. The summed E-state index contributed by atoms with van der Waals surface area (Å²) in [6, 6.07) is 9.36. The summed E-state index contributed by atoms with van der Waals surface area (Å²) in [6.45, 7) is 6.89. The third kappa shape index (κ3) is 7.37. The molecule has 0 unspecified atom stereocenters. The van der Waals surface area contributed by atoms with E-state index < -0.39 is 0 Å². The first-order chi connectivity index (χ1) is 20.8. The molecule has 224 valence electrons. The summed E-state index contributed by atoms with van der Waals surface area (Å²) in [5, 5.41) is 11.1. The Labute approximate surface area is 255 Å². The minimum Gasteiger partial charge on any atom is -0.351 e. The number of pyridine rings is 1. The lowest BCUT2D eigenvalue weighted by molar-refractivity contribution is -0.111. The molecule has 1 aliphatic heterocycles. The first-order valence-corrected chi connectivity index (χ1v) is 14.6. The van der Waals surface area contributed by atoms with Crippen LogP contribution in [0.1, 0.15) is 28.8 Å². The van der Waals surface area contributed by atoms with E-state index in [-0.39, 0.29) is 17.9 Å². The van der Waals surface area contributed by atoms with Crippen LogP contribution in [0.2, 0.25) is 5.02 Å². The zero-order valence-electron chi connectivity index (χ0n) is 24.4. The highest BCUT2D eigenvalue weighted by molar-refractivity contribution is 6.33. The zero-order valence-corrected chi connectivity index (χ0v) is 25.1. The van der Waals surface area contributed by atoms with Gasteiger partial charge in [-0.05, 0) is 68.9 Å². The maximum Gasteiger partial charge on any atom is 0.253 e. The van der Waals surface area contributed by atoms with Crippen LogP contribution in [0.15, 0.2) is 61.6 Å². The van der Waals surface area contributed by atoms with Gasteiger partial charge in [0, 0.05) is 73.4 Å². The van der Waals surface area contributed by atoms with E-state index in [1.807, 2.05) is 43.4 Å². The number of halogens is 1. The topological polar surface area (TPSA) is 131 Å². The van der Waals surface area contributed by atoms with E-state index in [0.717, 1.165) is 48.1 Å². The maximum atomic E-state index is 13.5. The van der Waals surface area contributed by atoms with Gasteiger partial charge in [0.05, 0.1) is 16.9 Å². The highest BCUT2D eigenvalue weighted by atomic mass is 35.5. The molecule has 0 saturated carbocycles. The number of hydrogen-bond acceptors (Lipinski definition) is 8. The lowest BCUT2D eigenvalue weighted by atomic mass is 10.0.